The fourth-order valence-electron chi connectivity index (χ4n) is 0. The van der Waals surface area contributed by atoms with Crippen LogP contribution in [0.3, 0.4) is 0 Å². The third-order valence-electron chi connectivity index (χ3n) is 0. The monoisotopic (exact) mass is 286 g/mol. The van der Waals surface area contributed by atoms with Crippen LogP contribution in [0.4, 0.5) is 0 Å². The zero-order valence-corrected chi connectivity index (χ0v) is 9.61. The molecule has 0 rings (SSSR count). The number of rotatable bonds is 0. The quantitative estimate of drug-likeness (QED) is 0.579. The minimum atomic E-state index is -0.363. The van der Waals surface area contributed by atoms with Gasteiger partial charge in [0.25, 0.3) is 0 Å². The van der Waals surface area contributed by atoms with Crippen molar-refractivity contribution in [2.75, 3.05) is 0 Å². The molecule has 0 spiro atoms. The van der Waals surface area contributed by atoms with Crippen molar-refractivity contribution in [2.45, 2.75) is 0 Å². The maximum absolute atomic E-state index is 4.34. The van der Waals surface area contributed by atoms with E-state index in [9.17, 15) is 0 Å². The molecule has 0 aliphatic rings. The second kappa shape index (κ2) is 8.87. The Hall–Kier alpha value is 1.95. The van der Waals surface area contributed by atoms with E-state index in [4.69, 9.17) is 0 Å². The zero-order chi connectivity index (χ0) is 2.71. The van der Waals surface area contributed by atoms with E-state index in [1.165, 1.54) is 0 Å². The predicted molar refractivity (Wildman–Crippen MR) is 25.1 cm³/mol. The molecule has 0 aromatic heterocycles. The van der Waals surface area contributed by atoms with Gasteiger partial charge in [0.05, 0.1) is 0 Å². The standard InChI is InChI=1S/Mo.2S.Sb.3H. The Balaban J connectivity index is 0. The van der Waals surface area contributed by atoms with Gasteiger partial charge in [0.1, 0.15) is 0 Å². The summed E-state index contributed by atoms with van der Waals surface area (Å²) < 4.78 is 0. The summed E-state index contributed by atoms with van der Waals surface area (Å²) in [5.41, 5.74) is 0. The molecule has 0 N–H and O–H groups in total. The Morgan fingerprint density at radius 1 is 1.25 bits per heavy atom. The van der Waals surface area contributed by atoms with Gasteiger partial charge in [0.15, 0.2) is 0 Å². The van der Waals surface area contributed by atoms with Gasteiger partial charge in [-0.15, -0.1) is 0 Å². The second-order valence-electron chi connectivity index (χ2n) is 0.0680. The molecule has 0 aliphatic heterocycles. The Morgan fingerprint density at radius 3 is 1.25 bits per heavy atom. The fraction of sp³-hybridized carbons (Fsp3) is 0. The molecule has 4 heavy (non-hydrogen) atoms. The summed E-state index contributed by atoms with van der Waals surface area (Å²) in [5.74, 6) is 0. The van der Waals surface area contributed by atoms with Crippen LogP contribution in [-0.4, -0.2) is 24.4 Å². The van der Waals surface area contributed by atoms with Gasteiger partial charge in [-0.2, -0.15) is 0 Å². The summed E-state index contributed by atoms with van der Waals surface area (Å²) in [6, 6.07) is 0. The van der Waals surface area contributed by atoms with Crippen molar-refractivity contribution in [3.63, 3.8) is 0 Å². The van der Waals surface area contributed by atoms with E-state index >= 15 is 0 Å². The van der Waals surface area contributed by atoms with Gasteiger partial charge in [-0.1, -0.05) is 0 Å². The second-order valence-corrected chi connectivity index (χ2v) is 3.62. The molecular weight excluding hydrogens is 282 g/mol. The van der Waals surface area contributed by atoms with E-state index in [1.807, 2.05) is 0 Å². The summed E-state index contributed by atoms with van der Waals surface area (Å²) in [4.78, 5) is 0. The molecular formula is H3MoS2Sb. The normalized spacial score (nSPS) is 3.00. The summed E-state index contributed by atoms with van der Waals surface area (Å²) in [6.07, 6.45) is 0. The van der Waals surface area contributed by atoms with E-state index in [0.717, 1.165) is 0 Å². The van der Waals surface area contributed by atoms with Crippen LogP contribution in [0, 0.1) is 0 Å². The third kappa shape index (κ3) is 9.04. The van der Waals surface area contributed by atoms with E-state index in [2.05, 4.69) is 19.6 Å². The summed E-state index contributed by atoms with van der Waals surface area (Å²) >= 11 is -0.363. The molecule has 0 fully saturated rings. The molecule has 0 saturated heterocycles. The molecule has 0 aliphatic carbocycles. The topological polar surface area (TPSA) is 0 Å². The molecule has 0 bridgehead atoms. The molecule has 26 valence electrons. The van der Waals surface area contributed by atoms with Crippen LogP contribution >= 0.6 is 19.6 Å². The van der Waals surface area contributed by atoms with Gasteiger partial charge in [-0.3, -0.25) is 0 Å². The molecule has 0 atom stereocenters. The van der Waals surface area contributed by atoms with Crippen LogP contribution in [-0.2, 0) is 14.9 Å². The molecule has 0 saturated carbocycles. The van der Waals surface area contributed by atoms with Crippen molar-refractivity contribution < 1.29 is 14.9 Å². The fourth-order valence-corrected chi connectivity index (χ4v) is 0. The first-order valence-corrected chi connectivity index (χ1v) is 5.92. The molecule has 0 radical (unpaired) electrons. The van der Waals surface area contributed by atoms with Gasteiger partial charge >= 0.3 is 59.0 Å². The molecule has 0 amide bonds. The molecule has 0 aromatic rings. The molecule has 4 heteroatoms. The summed E-state index contributed by atoms with van der Waals surface area (Å²) in [7, 11) is 8.68. The van der Waals surface area contributed by atoms with Crippen LogP contribution in [0.2, 0.25) is 0 Å². The Bertz CT molecular complexity index is 27.0. The summed E-state index contributed by atoms with van der Waals surface area (Å²) in [5, 5.41) is 0. The molecule has 0 nitrogen and oxygen atoms in total. The van der Waals surface area contributed by atoms with Gasteiger partial charge in [-0.05, 0) is 0 Å². The van der Waals surface area contributed by atoms with Crippen molar-refractivity contribution in [2.24, 2.45) is 0 Å². The van der Waals surface area contributed by atoms with Gasteiger partial charge in [0.2, 0.25) is 0 Å². The number of hydrogen-bond acceptors (Lipinski definition) is 2. The van der Waals surface area contributed by atoms with Crippen LogP contribution in [0.25, 0.3) is 0 Å². The average Bonchev–Trinajstić information content (AvgIpc) is 0.918. The maximum atomic E-state index is 4.34. The van der Waals surface area contributed by atoms with Crippen molar-refractivity contribution in [1.82, 2.24) is 0 Å². The van der Waals surface area contributed by atoms with E-state index < -0.39 is 0 Å². The van der Waals surface area contributed by atoms with Crippen molar-refractivity contribution in [3.05, 3.63) is 0 Å². The average molecular weight is 285 g/mol. The van der Waals surface area contributed by atoms with Crippen LogP contribution in [0.15, 0.2) is 0 Å². The van der Waals surface area contributed by atoms with E-state index in [0.29, 0.717) is 0 Å². The molecule has 0 aromatic carbocycles. The van der Waals surface area contributed by atoms with Crippen molar-refractivity contribution >= 4 is 44.1 Å². The Labute approximate surface area is 58.2 Å². The van der Waals surface area contributed by atoms with Gasteiger partial charge < -0.3 is 0 Å². The first-order valence-electron chi connectivity index (χ1n) is 0.333. The number of hydrogen-bond donors (Lipinski definition) is 0. The predicted octanol–water partition coefficient (Wildman–Crippen LogP) is 0.110. The third-order valence-corrected chi connectivity index (χ3v) is 0. The SMILES string of the molecule is [S]=[Mo]=[S].[SbH3]. The zero-order valence-electron chi connectivity index (χ0n) is 1.93. The van der Waals surface area contributed by atoms with Crippen molar-refractivity contribution in [3.8, 4) is 0 Å². The first-order chi connectivity index (χ1) is 1.41. The molecule has 0 heterocycles. The van der Waals surface area contributed by atoms with E-state index in [-0.39, 0.29) is 39.4 Å². The Morgan fingerprint density at radius 2 is 1.25 bits per heavy atom. The summed E-state index contributed by atoms with van der Waals surface area (Å²) in [6.45, 7) is 0. The first kappa shape index (κ1) is 9.34. The van der Waals surface area contributed by atoms with Crippen LogP contribution < -0.4 is 0 Å². The van der Waals surface area contributed by atoms with Gasteiger partial charge in [0, 0.05) is 0 Å². The molecule has 0 unspecified atom stereocenters. The van der Waals surface area contributed by atoms with Crippen LogP contribution in [0.5, 0.6) is 0 Å². The van der Waals surface area contributed by atoms with Crippen molar-refractivity contribution in [1.29, 1.82) is 0 Å². The Kier molecular flexibility index (Phi) is 20.7. The van der Waals surface area contributed by atoms with Gasteiger partial charge in [-0.25, -0.2) is 0 Å². The van der Waals surface area contributed by atoms with Crippen LogP contribution in [0.1, 0.15) is 0 Å². The van der Waals surface area contributed by atoms with E-state index in [1.54, 1.807) is 0 Å². The minimum absolute atomic E-state index is 0.